The molecule has 0 bridgehead atoms. The molecule has 2 aliphatic rings. The van der Waals surface area contributed by atoms with Gasteiger partial charge in [0.15, 0.2) is 0 Å². The average Bonchev–Trinajstić information content (AvgIpc) is 2.50. The van der Waals surface area contributed by atoms with Gasteiger partial charge in [0.2, 0.25) is 0 Å². The highest BCUT2D eigenvalue weighted by atomic mass is 16.5. The molecule has 112 valence electrons. The van der Waals surface area contributed by atoms with Crippen molar-refractivity contribution in [2.45, 2.75) is 31.5 Å². The molecule has 0 amide bonds. The molecule has 0 aromatic heterocycles. The molecule has 0 radical (unpaired) electrons. The highest BCUT2D eigenvalue weighted by Crippen LogP contribution is 2.38. The minimum atomic E-state index is -0.195. The number of rotatable bonds is 2. The summed E-state index contributed by atoms with van der Waals surface area (Å²) in [6.07, 6.45) is 6.35. The number of benzene rings is 1. The first-order valence-electron chi connectivity index (χ1n) is 7.55. The Kier molecular flexibility index (Phi) is 4.24. The maximum atomic E-state index is 6.08. The van der Waals surface area contributed by atoms with E-state index in [0.29, 0.717) is 6.73 Å². The molecule has 3 heteroatoms. The van der Waals surface area contributed by atoms with Crippen LogP contribution in [-0.4, -0.2) is 26.0 Å². The molecule has 0 spiro atoms. The van der Waals surface area contributed by atoms with Gasteiger partial charge in [0, 0.05) is 20.1 Å². The van der Waals surface area contributed by atoms with E-state index in [1.165, 1.54) is 16.7 Å². The fourth-order valence-corrected chi connectivity index (χ4v) is 3.06. The van der Waals surface area contributed by atoms with Crippen LogP contribution in [0.15, 0.2) is 53.6 Å². The van der Waals surface area contributed by atoms with Gasteiger partial charge in [-0.05, 0) is 24.5 Å². The fourth-order valence-electron chi connectivity index (χ4n) is 3.06. The van der Waals surface area contributed by atoms with Crippen molar-refractivity contribution < 1.29 is 9.47 Å². The molecule has 3 nitrogen and oxygen atoms in total. The van der Waals surface area contributed by atoms with E-state index in [2.05, 4.69) is 48.7 Å². The van der Waals surface area contributed by atoms with Crippen LogP contribution in [0.3, 0.4) is 0 Å². The van der Waals surface area contributed by atoms with Gasteiger partial charge >= 0.3 is 0 Å². The van der Waals surface area contributed by atoms with Crippen molar-refractivity contribution >= 4 is 0 Å². The Labute approximate surface area is 126 Å². The van der Waals surface area contributed by atoms with Gasteiger partial charge in [-0.2, -0.15) is 0 Å². The van der Waals surface area contributed by atoms with Crippen LogP contribution in [-0.2, 0) is 9.47 Å². The molecule has 3 rings (SSSR count). The smallest absolute Gasteiger partial charge is 0.109 e. The molecular formula is C18H23NO2. The third-order valence-electron chi connectivity index (χ3n) is 4.39. The Morgan fingerprint density at radius 2 is 2.10 bits per heavy atom. The number of methoxy groups -OCH3 is 1. The number of nitrogens with one attached hydrogen (secondary N) is 1. The predicted molar refractivity (Wildman–Crippen MR) is 84.0 cm³/mol. The molecular weight excluding hydrogens is 262 g/mol. The first-order valence-corrected chi connectivity index (χ1v) is 7.55. The van der Waals surface area contributed by atoms with E-state index >= 15 is 0 Å². The van der Waals surface area contributed by atoms with Crippen molar-refractivity contribution in [2.24, 2.45) is 0 Å². The summed E-state index contributed by atoms with van der Waals surface area (Å²) in [5.74, 6) is 0. The Balaban J connectivity index is 1.98. The standard InChI is InChI=1S/C18H23NO2/c1-18(20-2)10-8-16-15(12-18)9-11-19-13-21-17(16)14-6-4-3-5-7-14/h3-8,10,17,19H,9,11-13H2,1-2H3. The normalized spacial score (nSPS) is 29.7. The SMILES string of the molecule is COC1(C)C=CC2=C(CCNCOC2c2ccccc2)C1. The summed E-state index contributed by atoms with van der Waals surface area (Å²) in [6.45, 7) is 3.68. The molecule has 0 saturated heterocycles. The molecule has 2 atom stereocenters. The topological polar surface area (TPSA) is 30.5 Å². The van der Waals surface area contributed by atoms with E-state index in [1.807, 2.05) is 6.07 Å². The van der Waals surface area contributed by atoms with Gasteiger partial charge in [-0.3, -0.25) is 5.32 Å². The van der Waals surface area contributed by atoms with Crippen molar-refractivity contribution in [3.05, 3.63) is 59.2 Å². The highest BCUT2D eigenvalue weighted by Gasteiger charge is 2.30. The molecule has 1 aromatic rings. The maximum Gasteiger partial charge on any atom is 0.109 e. The van der Waals surface area contributed by atoms with Crippen molar-refractivity contribution in [1.82, 2.24) is 5.32 Å². The number of hydrogen-bond acceptors (Lipinski definition) is 3. The number of ether oxygens (including phenoxy) is 2. The lowest BCUT2D eigenvalue weighted by molar-refractivity contribution is 0.0378. The van der Waals surface area contributed by atoms with Gasteiger partial charge in [0.05, 0.1) is 12.3 Å². The maximum absolute atomic E-state index is 6.08. The van der Waals surface area contributed by atoms with Crippen LogP contribution in [0.4, 0.5) is 0 Å². The second kappa shape index (κ2) is 6.14. The van der Waals surface area contributed by atoms with Gasteiger partial charge in [-0.25, -0.2) is 0 Å². The van der Waals surface area contributed by atoms with Crippen LogP contribution in [0.2, 0.25) is 0 Å². The van der Waals surface area contributed by atoms with Gasteiger partial charge in [-0.15, -0.1) is 0 Å². The van der Waals surface area contributed by atoms with Crippen molar-refractivity contribution in [2.75, 3.05) is 20.4 Å². The van der Waals surface area contributed by atoms with Crippen LogP contribution in [0.25, 0.3) is 0 Å². The van der Waals surface area contributed by atoms with Crippen molar-refractivity contribution in [3.63, 3.8) is 0 Å². The monoisotopic (exact) mass is 285 g/mol. The van der Waals surface area contributed by atoms with E-state index in [0.717, 1.165) is 19.4 Å². The zero-order valence-electron chi connectivity index (χ0n) is 12.8. The van der Waals surface area contributed by atoms with Gasteiger partial charge in [0.1, 0.15) is 6.10 Å². The fraction of sp³-hybridized carbons (Fsp3) is 0.444. The number of hydrogen-bond donors (Lipinski definition) is 1. The predicted octanol–water partition coefficient (Wildman–Crippen LogP) is 3.36. The first kappa shape index (κ1) is 14.5. The van der Waals surface area contributed by atoms with Crippen molar-refractivity contribution in [1.29, 1.82) is 0 Å². The van der Waals surface area contributed by atoms with E-state index in [9.17, 15) is 0 Å². The minimum Gasteiger partial charge on any atom is -0.374 e. The highest BCUT2D eigenvalue weighted by molar-refractivity contribution is 5.41. The van der Waals surface area contributed by atoms with Crippen LogP contribution < -0.4 is 5.32 Å². The van der Waals surface area contributed by atoms with Crippen LogP contribution in [0, 0.1) is 0 Å². The minimum absolute atomic E-state index is 0.00616. The Bertz CT molecular complexity index is 550. The molecule has 2 unspecified atom stereocenters. The molecule has 1 aliphatic heterocycles. The molecule has 0 fully saturated rings. The summed E-state index contributed by atoms with van der Waals surface area (Å²) >= 11 is 0. The second-order valence-corrected chi connectivity index (χ2v) is 5.94. The third-order valence-corrected chi connectivity index (χ3v) is 4.39. The summed E-state index contributed by atoms with van der Waals surface area (Å²) in [5, 5.41) is 3.34. The molecule has 1 aromatic carbocycles. The molecule has 21 heavy (non-hydrogen) atoms. The molecule has 1 heterocycles. The largest absolute Gasteiger partial charge is 0.374 e. The molecule has 1 N–H and O–H groups in total. The average molecular weight is 285 g/mol. The van der Waals surface area contributed by atoms with Gasteiger partial charge in [-0.1, -0.05) is 48.1 Å². The van der Waals surface area contributed by atoms with Gasteiger partial charge in [0.25, 0.3) is 0 Å². The van der Waals surface area contributed by atoms with Crippen molar-refractivity contribution in [3.8, 4) is 0 Å². The van der Waals surface area contributed by atoms with Gasteiger partial charge < -0.3 is 9.47 Å². The van der Waals surface area contributed by atoms with Crippen LogP contribution in [0.5, 0.6) is 0 Å². The Hall–Kier alpha value is -1.42. The molecule has 0 saturated carbocycles. The van der Waals surface area contributed by atoms with Crippen LogP contribution >= 0.6 is 0 Å². The third kappa shape index (κ3) is 3.10. The summed E-state index contributed by atoms with van der Waals surface area (Å²) in [5.41, 5.74) is 3.75. The first-order chi connectivity index (χ1) is 10.2. The summed E-state index contributed by atoms with van der Waals surface area (Å²) in [6, 6.07) is 10.4. The summed E-state index contributed by atoms with van der Waals surface area (Å²) < 4.78 is 11.7. The lowest BCUT2D eigenvalue weighted by atomic mass is 9.82. The lowest BCUT2D eigenvalue weighted by Gasteiger charge is -2.34. The Morgan fingerprint density at radius 3 is 2.86 bits per heavy atom. The zero-order chi connectivity index (χ0) is 14.7. The Morgan fingerprint density at radius 1 is 1.29 bits per heavy atom. The van der Waals surface area contributed by atoms with E-state index < -0.39 is 0 Å². The molecule has 1 aliphatic carbocycles. The summed E-state index contributed by atoms with van der Waals surface area (Å²) in [7, 11) is 1.78. The second-order valence-electron chi connectivity index (χ2n) is 5.94. The van der Waals surface area contributed by atoms with E-state index in [1.54, 1.807) is 7.11 Å². The zero-order valence-corrected chi connectivity index (χ0v) is 12.8. The van der Waals surface area contributed by atoms with E-state index in [-0.39, 0.29) is 11.7 Å². The van der Waals surface area contributed by atoms with Crippen LogP contribution in [0.1, 0.15) is 31.4 Å². The quantitative estimate of drug-likeness (QED) is 0.904. The summed E-state index contributed by atoms with van der Waals surface area (Å²) in [4.78, 5) is 0. The van der Waals surface area contributed by atoms with E-state index in [4.69, 9.17) is 9.47 Å². The lowest BCUT2D eigenvalue weighted by Crippen LogP contribution is -2.32.